The highest BCUT2D eigenvalue weighted by Crippen LogP contribution is 2.25. The van der Waals surface area contributed by atoms with Crippen LogP contribution in [0.15, 0.2) is 38.7 Å². The summed E-state index contributed by atoms with van der Waals surface area (Å²) < 4.78 is 30.2. The molecule has 142 valence electrons. The molecular weight excluding hydrogens is 388 g/mol. The van der Waals surface area contributed by atoms with E-state index < -0.39 is 9.84 Å². The zero-order valence-corrected chi connectivity index (χ0v) is 16.3. The standard InChI is InChI=1S/C17H18N4O4S2/c1-11-3-2-4-14-18-13(8-16(22)21(11)14)9-26-17-20-19-15(25-17)7-12-5-6-27(23,24)10-12/h2-4,8,12H,5-7,9-10H2,1H3/t12-/m0/s1. The zero-order chi connectivity index (χ0) is 19.0. The molecule has 1 atom stereocenters. The van der Waals surface area contributed by atoms with Gasteiger partial charge in [-0.2, -0.15) is 0 Å². The van der Waals surface area contributed by atoms with Crippen molar-refractivity contribution in [3.05, 3.63) is 51.9 Å². The molecule has 0 saturated carbocycles. The normalized spacial score (nSPS) is 18.9. The lowest BCUT2D eigenvalue weighted by molar-refractivity contribution is 0.389. The molecule has 3 aromatic heterocycles. The average Bonchev–Trinajstić information content (AvgIpc) is 3.19. The topological polar surface area (TPSA) is 107 Å². The molecule has 0 amide bonds. The van der Waals surface area contributed by atoms with Gasteiger partial charge in [-0.05, 0) is 31.4 Å². The number of sulfone groups is 1. The minimum atomic E-state index is -2.92. The Kier molecular flexibility index (Phi) is 4.77. The van der Waals surface area contributed by atoms with Crippen LogP contribution in [0, 0.1) is 12.8 Å². The Labute approximate surface area is 159 Å². The number of hydrogen-bond acceptors (Lipinski definition) is 8. The van der Waals surface area contributed by atoms with Crippen molar-refractivity contribution in [2.45, 2.75) is 30.7 Å². The van der Waals surface area contributed by atoms with Crippen molar-refractivity contribution in [1.29, 1.82) is 0 Å². The Morgan fingerprint density at radius 2 is 2.19 bits per heavy atom. The molecule has 0 unspecified atom stereocenters. The van der Waals surface area contributed by atoms with Gasteiger partial charge in [0.15, 0.2) is 9.84 Å². The summed E-state index contributed by atoms with van der Waals surface area (Å²) in [5, 5.41) is 8.38. The molecule has 4 rings (SSSR count). The Hall–Kier alpha value is -2.20. The van der Waals surface area contributed by atoms with Crippen molar-refractivity contribution < 1.29 is 12.8 Å². The highest BCUT2D eigenvalue weighted by molar-refractivity contribution is 7.98. The molecule has 8 nitrogen and oxygen atoms in total. The molecule has 1 aliphatic heterocycles. The van der Waals surface area contributed by atoms with E-state index in [4.69, 9.17) is 4.42 Å². The van der Waals surface area contributed by atoms with Crippen LogP contribution in [0.25, 0.3) is 5.65 Å². The second-order valence-corrected chi connectivity index (χ2v) is 9.83. The van der Waals surface area contributed by atoms with Crippen LogP contribution in [0.5, 0.6) is 0 Å². The van der Waals surface area contributed by atoms with Gasteiger partial charge in [-0.15, -0.1) is 10.2 Å². The Bertz CT molecular complexity index is 1150. The number of hydrogen-bond donors (Lipinski definition) is 0. The zero-order valence-electron chi connectivity index (χ0n) is 14.7. The first-order valence-electron chi connectivity index (χ1n) is 8.53. The van der Waals surface area contributed by atoms with E-state index in [1.807, 2.05) is 19.1 Å². The summed E-state index contributed by atoms with van der Waals surface area (Å²) in [5.41, 5.74) is 1.95. The van der Waals surface area contributed by atoms with Crippen LogP contribution in [-0.2, 0) is 22.0 Å². The minimum Gasteiger partial charge on any atom is -0.416 e. The fourth-order valence-electron chi connectivity index (χ4n) is 3.23. The second kappa shape index (κ2) is 7.08. The van der Waals surface area contributed by atoms with E-state index in [1.54, 1.807) is 10.5 Å². The summed E-state index contributed by atoms with van der Waals surface area (Å²) in [7, 11) is -2.92. The smallest absolute Gasteiger partial charge is 0.276 e. The van der Waals surface area contributed by atoms with Crippen LogP contribution in [0.1, 0.15) is 23.7 Å². The monoisotopic (exact) mass is 406 g/mol. The van der Waals surface area contributed by atoms with E-state index in [0.29, 0.717) is 41.0 Å². The lowest BCUT2D eigenvalue weighted by Crippen LogP contribution is -2.17. The number of rotatable bonds is 5. The van der Waals surface area contributed by atoms with E-state index in [-0.39, 0.29) is 23.0 Å². The van der Waals surface area contributed by atoms with E-state index in [9.17, 15) is 13.2 Å². The molecule has 1 saturated heterocycles. The molecule has 0 N–H and O–H groups in total. The van der Waals surface area contributed by atoms with Gasteiger partial charge in [0.05, 0.1) is 17.2 Å². The maximum atomic E-state index is 12.3. The first-order chi connectivity index (χ1) is 12.9. The molecule has 3 aromatic rings. The van der Waals surface area contributed by atoms with Crippen LogP contribution in [0.3, 0.4) is 0 Å². The molecule has 0 bridgehead atoms. The number of fused-ring (bicyclic) bond motifs is 1. The highest BCUT2D eigenvalue weighted by Gasteiger charge is 2.29. The maximum absolute atomic E-state index is 12.3. The SMILES string of the molecule is Cc1cccc2nc(CSc3nnc(C[C@@H]4CCS(=O)(=O)C4)o3)cc(=O)n12. The number of aromatic nitrogens is 4. The first-order valence-corrected chi connectivity index (χ1v) is 11.3. The molecule has 10 heteroatoms. The van der Waals surface area contributed by atoms with Crippen molar-refractivity contribution in [3.8, 4) is 0 Å². The van der Waals surface area contributed by atoms with Crippen LogP contribution in [-0.4, -0.2) is 39.5 Å². The first kappa shape index (κ1) is 18.2. The Morgan fingerprint density at radius 1 is 1.33 bits per heavy atom. The molecule has 1 aliphatic rings. The minimum absolute atomic E-state index is 0.0405. The van der Waals surface area contributed by atoms with E-state index in [2.05, 4.69) is 15.2 Å². The summed E-state index contributed by atoms with van der Waals surface area (Å²) in [6, 6.07) is 7.03. The average molecular weight is 406 g/mol. The Morgan fingerprint density at radius 3 is 2.96 bits per heavy atom. The van der Waals surface area contributed by atoms with Gasteiger partial charge in [0.2, 0.25) is 5.89 Å². The van der Waals surface area contributed by atoms with Gasteiger partial charge in [0, 0.05) is 23.9 Å². The summed E-state index contributed by atoms with van der Waals surface area (Å²) in [4.78, 5) is 16.8. The van der Waals surface area contributed by atoms with Gasteiger partial charge in [0.25, 0.3) is 10.8 Å². The molecular formula is C17H18N4O4S2. The second-order valence-electron chi connectivity index (χ2n) is 6.67. The predicted octanol–water partition coefficient (Wildman–Crippen LogP) is 1.66. The van der Waals surface area contributed by atoms with Gasteiger partial charge in [-0.3, -0.25) is 9.20 Å². The molecule has 1 fully saturated rings. The lowest BCUT2D eigenvalue weighted by atomic mass is 10.1. The van der Waals surface area contributed by atoms with Gasteiger partial charge >= 0.3 is 0 Å². The molecule has 0 spiro atoms. The number of thioether (sulfide) groups is 1. The highest BCUT2D eigenvalue weighted by atomic mass is 32.2. The van der Waals surface area contributed by atoms with Crippen molar-refractivity contribution in [1.82, 2.24) is 19.6 Å². The van der Waals surface area contributed by atoms with Crippen molar-refractivity contribution in [2.24, 2.45) is 5.92 Å². The molecule has 0 aromatic carbocycles. The summed E-state index contributed by atoms with van der Waals surface area (Å²) in [5.74, 6) is 1.33. The molecule has 27 heavy (non-hydrogen) atoms. The van der Waals surface area contributed by atoms with Crippen molar-refractivity contribution in [3.63, 3.8) is 0 Å². The van der Waals surface area contributed by atoms with Gasteiger partial charge in [-0.1, -0.05) is 17.8 Å². The van der Waals surface area contributed by atoms with Crippen LogP contribution >= 0.6 is 11.8 Å². The lowest BCUT2D eigenvalue weighted by Gasteiger charge is -2.05. The summed E-state index contributed by atoms with van der Waals surface area (Å²) in [6.07, 6.45) is 1.11. The Balaban J connectivity index is 1.43. The van der Waals surface area contributed by atoms with Gasteiger partial charge in [0.1, 0.15) is 5.65 Å². The van der Waals surface area contributed by atoms with Crippen LogP contribution < -0.4 is 5.56 Å². The van der Waals surface area contributed by atoms with E-state index in [1.165, 1.54) is 17.8 Å². The quantitative estimate of drug-likeness (QED) is 0.589. The number of aryl methyl sites for hydroxylation is 1. The van der Waals surface area contributed by atoms with Crippen LogP contribution in [0.2, 0.25) is 0 Å². The van der Waals surface area contributed by atoms with Gasteiger partial charge < -0.3 is 4.42 Å². The largest absolute Gasteiger partial charge is 0.416 e. The fourth-order valence-corrected chi connectivity index (χ4v) is 5.77. The third kappa shape index (κ3) is 4.06. The fraction of sp³-hybridized carbons (Fsp3) is 0.412. The summed E-state index contributed by atoms with van der Waals surface area (Å²) in [6.45, 7) is 1.86. The molecule has 4 heterocycles. The number of pyridine rings is 1. The van der Waals surface area contributed by atoms with Gasteiger partial charge in [-0.25, -0.2) is 13.4 Å². The summed E-state index contributed by atoms with van der Waals surface area (Å²) >= 11 is 1.30. The maximum Gasteiger partial charge on any atom is 0.276 e. The van der Waals surface area contributed by atoms with Crippen molar-refractivity contribution >= 4 is 27.2 Å². The van der Waals surface area contributed by atoms with E-state index >= 15 is 0 Å². The van der Waals surface area contributed by atoms with Crippen molar-refractivity contribution in [2.75, 3.05) is 11.5 Å². The van der Waals surface area contributed by atoms with E-state index in [0.717, 1.165) is 5.69 Å². The third-order valence-electron chi connectivity index (χ3n) is 4.52. The predicted molar refractivity (Wildman–Crippen MR) is 101 cm³/mol. The third-order valence-corrected chi connectivity index (χ3v) is 7.20. The van der Waals surface area contributed by atoms with Crippen LogP contribution in [0.4, 0.5) is 0 Å². The number of nitrogens with zero attached hydrogens (tertiary/aromatic N) is 4. The molecule has 0 radical (unpaired) electrons. The molecule has 0 aliphatic carbocycles.